The number of hydrogen-bond donors (Lipinski definition) is 6. The Morgan fingerprint density at radius 3 is 2.29 bits per heavy atom. The van der Waals surface area contributed by atoms with Crippen molar-refractivity contribution < 1.29 is 40.2 Å². The quantitative estimate of drug-likeness (QED) is 0.316. The molecule has 0 aliphatic heterocycles. The van der Waals surface area contributed by atoms with Gasteiger partial charge in [0.25, 0.3) is 0 Å². The SMILES string of the molecule is O=C(OC[C@H](O)[C@@H](O)[C@H](O)[C@H](O)CO)c1cccc(O)c1. The summed E-state index contributed by atoms with van der Waals surface area (Å²) in [7, 11) is 0. The molecule has 21 heavy (non-hydrogen) atoms. The molecule has 4 atom stereocenters. The molecule has 1 aromatic carbocycles. The van der Waals surface area contributed by atoms with Gasteiger partial charge in [-0.15, -0.1) is 0 Å². The Kier molecular flexibility index (Phi) is 6.53. The number of ether oxygens (including phenoxy) is 1. The molecule has 0 amide bonds. The van der Waals surface area contributed by atoms with Crippen LogP contribution in [0.2, 0.25) is 0 Å². The Morgan fingerprint density at radius 1 is 1.10 bits per heavy atom. The number of phenolic OH excluding ortho intramolecular Hbond substituents is 1. The Morgan fingerprint density at radius 2 is 1.71 bits per heavy atom. The molecule has 0 aliphatic rings. The summed E-state index contributed by atoms with van der Waals surface area (Å²) in [5.74, 6) is -0.971. The van der Waals surface area contributed by atoms with Crippen LogP contribution in [0.5, 0.6) is 5.75 Å². The van der Waals surface area contributed by atoms with Crippen LogP contribution in [0.15, 0.2) is 24.3 Å². The first kappa shape index (κ1) is 17.3. The van der Waals surface area contributed by atoms with Crippen LogP contribution in [-0.4, -0.2) is 74.2 Å². The number of rotatable bonds is 7. The van der Waals surface area contributed by atoms with E-state index in [1.54, 1.807) is 0 Å². The fourth-order valence-corrected chi connectivity index (χ4v) is 1.54. The topological polar surface area (TPSA) is 148 Å². The van der Waals surface area contributed by atoms with Crippen molar-refractivity contribution in [3.05, 3.63) is 29.8 Å². The van der Waals surface area contributed by atoms with Gasteiger partial charge in [0, 0.05) is 0 Å². The highest BCUT2D eigenvalue weighted by molar-refractivity contribution is 5.89. The second kappa shape index (κ2) is 7.91. The maximum absolute atomic E-state index is 11.6. The van der Waals surface area contributed by atoms with Crippen molar-refractivity contribution in [2.45, 2.75) is 24.4 Å². The van der Waals surface area contributed by atoms with E-state index < -0.39 is 43.6 Å². The molecule has 0 bridgehead atoms. The van der Waals surface area contributed by atoms with Crippen molar-refractivity contribution in [2.24, 2.45) is 0 Å². The Bertz CT molecular complexity index is 463. The maximum atomic E-state index is 11.6. The van der Waals surface area contributed by atoms with Crippen molar-refractivity contribution in [2.75, 3.05) is 13.2 Å². The van der Waals surface area contributed by atoms with Crippen LogP contribution < -0.4 is 0 Å². The van der Waals surface area contributed by atoms with E-state index in [4.69, 9.17) is 14.9 Å². The summed E-state index contributed by atoms with van der Waals surface area (Å²) >= 11 is 0. The fraction of sp³-hybridized carbons (Fsp3) is 0.462. The number of aliphatic hydroxyl groups is 5. The molecule has 8 nitrogen and oxygen atoms in total. The predicted molar refractivity (Wildman–Crippen MR) is 69.5 cm³/mol. The number of esters is 1. The van der Waals surface area contributed by atoms with Gasteiger partial charge in [0.1, 0.15) is 36.8 Å². The number of carbonyl (C=O) groups is 1. The van der Waals surface area contributed by atoms with Crippen LogP contribution >= 0.6 is 0 Å². The molecule has 0 saturated heterocycles. The molecule has 0 aliphatic carbocycles. The van der Waals surface area contributed by atoms with Crippen molar-refractivity contribution >= 4 is 5.97 Å². The third-order valence-corrected chi connectivity index (χ3v) is 2.79. The largest absolute Gasteiger partial charge is 0.508 e. The van der Waals surface area contributed by atoms with E-state index in [1.165, 1.54) is 18.2 Å². The lowest BCUT2D eigenvalue weighted by atomic mass is 10.0. The van der Waals surface area contributed by atoms with Gasteiger partial charge in [0.15, 0.2) is 0 Å². The molecular formula is C13H18O8. The minimum Gasteiger partial charge on any atom is -0.508 e. The van der Waals surface area contributed by atoms with Gasteiger partial charge < -0.3 is 35.4 Å². The van der Waals surface area contributed by atoms with Crippen LogP contribution in [0.4, 0.5) is 0 Å². The van der Waals surface area contributed by atoms with Gasteiger partial charge in [0.2, 0.25) is 0 Å². The third kappa shape index (κ3) is 4.96. The summed E-state index contributed by atoms with van der Waals surface area (Å²) in [5, 5.41) is 55.4. The van der Waals surface area contributed by atoms with E-state index >= 15 is 0 Å². The normalized spacial score (nSPS) is 16.8. The molecule has 0 heterocycles. The van der Waals surface area contributed by atoms with Crippen LogP contribution in [0.1, 0.15) is 10.4 Å². The molecule has 6 N–H and O–H groups in total. The first-order valence-corrected chi connectivity index (χ1v) is 6.16. The molecule has 0 unspecified atom stereocenters. The molecule has 0 fully saturated rings. The number of benzene rings is 1. The summed E-state index contributed by atoms with van der Waals surface area (Å²) in [6.45, 7) is -1.43. The smallest absolute Gasteiger partial charge is 0.338 e. The zero-order valence-corrected chi connectivity index (χ0v) is 11.0. The van der Waals surface area contributed by atoms with Crippen molar-refractivity contribution in [3.8, 4) is 5.75 Å². The number of carbonyl (C=O) groups excluding carboxylic acids is 1. The van der Waals surface area contributed by atoms with E-state index in [9.17, 15) is 25.2 Å². The van der Waals surface area contributed by atoms with Crippen molar-refractivity contribution in [1.29, 1.82) is 0 Å². The maximum Gasteiger partial charge on any atom is 0.338 e. The number of hydrogen-bond acceptors (Lipinski definition) is 8. The zero-order chi connectivity index (χ0) is 16.0. The van der Waals surface area contributed by atoms with Gasteiger partial charge in [-0.2, -0.15) is 0 Å². The lowest BCUT2D eigenvalue weighted by molar-refractivity contribution is -0.124. The molecule has 8 heteroatoms. The van der Waals surface area contributed by atoms with Gasteiger partial charge in [-0.3, -0.25) is 0 Å². The average Bonchev–Trinajstić information content (AvgIpc) is 2.49. The molecule has 1 aromatic rings. The second-order valence-corrected chi connectivity index (χ2v) is 4.45. The minimum atomic E-state index is -1.80. The molecule has 0 aromatic heterocycles. The first-order chi connectivity index (χ1) is 9.86. The Balaban J connectivity index is 2.52. The van der Waals surface area contributed by atoms with Gasteiger partial charge in [0.05, 0.1) is 12.2 Å². The summed E-state index contributed by atoms with van der Waals surface area (Å²) in [5.41, 5.74) is 0.0487. The van der Waals surface area contributed by atoms with Crippen LogP contribution in [0.25, 0.3) is 0 Å². The van der Waals surface area contributed by atoms with Crippen LogP contribution in [-0.2, 0) is 4.74 Å². The molecule has 0 radical (unpaired) electrons. The van der Waals surface area contributed by atoms with Gasteiger partial charge in [-0.05, 0) is 18.2 Å². The van der Waals surface area contributed by atoms with Crippen molar-refractivity contribution in [3.63, 3.8) is 0 Å². The molecule has 118 valence electrons. The summed E-state index contributed by atoms with van der Waals surface area (Å²) in [6.07, 6.45) is -6.87. The predicted octanol–water partition coefficient (Wildman–Crippen LogP) is -2.02. The highest BCUT2D eigenvalue weighted by Crippen LogP contribution is 2.12. The van der Waals surface area contributed by atoms with E-state index in [-0.39, 0.29) is 11.3 Å². The Hall–Kier alpha value is -1.71. The first-order valence-electron chi connectivity index (χ1n) is 6.16. The second-order valence-electron chi connectivity index (χ2n) is 4.45. The summed E-state index contributed by atoms with van der Waals surface area (Å²) in [4.78, 5) is 11.6. The molecule has 1 rings (SSSR count). The number of aromatic hydroxyl groups is 1. The molecule has 0 saturated carbocycles. The monoisotopic (exact) mass is 302 g/mol. The zero-order valence-electron chi connectivity index (χ0n) is 11.0. The molecule has 0 spiro atoms. The van der Waals surface area contributed by atoms with Gasteiger partial charge in [-0.25, -0.2) is 4.79 Å². The lowest BCUT2D eigenvalue weighted by Crippen LogP contribution is -2.47. The van der Waals surface area contributed by atoms with Gasteiger partial charge >= 0.3 is 5.97 Å². The van der Waals surface area contributed by atoms with E-state index in [0.717, 1.165) is 6.07 Å². The van der Waals surface area contributed by atoms with E-state index in [2.05, 4.69) is 0 Å². The number of aliphatic hydroxyl groups excluding tert-OH is 5. The van der Waals surface area contributed by atoms with Crippen LogP contribution in [0.3, 0.4) is 0 Å². The lowest BCUT2D eigenvalue weighted by Gasteiger charge is -2.25. The standard InChI is InChI=1S/C13H18O8/c14-5-9(16)11(18)12(19)10(17)6-21-13(20)7-2-1-3-8(15)4-7/h1-4,9-12,14-19H,5-6H2/t9-,10+,11-,12-/m1/s1. The summed E-state index contributed by atoms with van der Waals surface area (Å²) < 4.78 is 4.71. The number of phenols is 1. The fourth-order valence-electron chi connectivity index (χ4n) is 1.54. The van der Waals surface area contributed by atoms with Gasteiger partial charge in [-0.1, -0.05) is 6.07 Å². The minimum absolute atomic E-state index is 0.0487. The van der Waals surface area contributed by atoms with E-state index in [1.807, 2.05) is 0 Å². The Labute approximate surface area is 120 Å². The van der Waals surface area contributed by atoms with Crippen molar-refractivity contribution in [1.82, 2.24) is 0 Å². The molecular weight excluding hydrogens is 284 g/mol. The van der Waals surface area contributed by atoms with E-state index in [0.29, 0.717) is 0 Å². The van der Waals surface area contributed by atoms with Crippen LogP contribution in [0, 0.1) is 0 Å². The third-order valence-electron chi connectivity index (χ3n) is 2.79. The highest BCUT2D eigenvalue weighted by atomic mass is 16.5. The highest BCUT2D eigenvalue weighted by Gasteiger charge is 2.30. The summed E-state index contributed by atoms with van der Waals surface area (Å²) in [6, 6.07) is 5.34. The average molecular weight is 302 g/mol.